The van der Waals surface area contributed by atoms with Crippen molar-refractivity contribution in [3.8, 4) is 11.3 Å². The van der Waals surface area contributed by atoms with Gasteiger partial charge in [-0.3, -0.25) is 19.3 Å². The molecule has 0 spiro atoms. The number of cyclic esters (lactones) is 1. The Balaban J connectivity index is 1.46. The Bertz CT molecular complexity index is 1790. The van der Waals surface area contributed by atoms with Gasteiger partial charge in [0.1, 0.15) is 18.0 Å². The van der Waals surface area contributed by atoms with Gasteiger partial charge in [0.05, 0.1) is 29.5 Å². The quantitative estimate of drug-likeness (QED) is 0.182. The number of ketones is 2. The molecule has 1 amide bonds. The van der Waals surface area contributed by atoms with Gasteiger partial charge in [0.15, 0.2) is 17.7 Å². The first-order chi connectivity index (χ1) is 27.7. The summed E-state index contributed by atoms with van der Waals surface area (Å²) in [5.74, 6) is -5.79. The van der Waals surface area contributed by atoms with Crippen LogP contribution in [0.1, 0.15) is 87.5 Å². The van der Waals surface area contributed by atoms with Crippen molar-refractivity contribution in [2.24, 2.45) is 17.8 Å². The number of alkyl halides is 1. The van der Waals surface area contributed by atoms with Gasteiger partial charge < -0.3 is 38.6 Å². The zero-order valence-corrected chi connectivity index (χ0v) is 36.4. The molecule has 0 radical (unpaired) electrons. The van der Waals surface area contributed by atoms with Crippen LogP contribution in [0.25, 0.3) is 11.3 Å². The van der Waals surface area contributed by atoms with Crippen molar-refractivity contribution in [3.63, 3.8) is 0 Å². The number of pyridine rings is 1. The summed E-state index contributed by atoms with van der Waals surface area (Å²) in [5.41, 5.74) is -4.54. The molecule has 3 fully saturated rings. The van der Waals surface area contributed by atoms with E-state index in [2.05, 4.69) is 10.1 Å². The van der Waals surface area contributed by atoms with E-state index in [1.807, 2.05) is 55.0 Å². The number of aryl methyl sites for hydroxylation is 1. The maximum atomic E-state index is 16.9. The largest absolute Gasteiger partial charge is 0.455 e. The Morgan fingerprint density at radius 3 is 2.36 bits per heavy atom. The second-order valence-electron chi connectivity index (χ2n) is 17.5. The highest BCUT2D eigenvalue weighted by atomic mass is 19.1. The van der Waals surface area contributed by atoms with Crippen molar-refractivity contribution < 1.29 is 52.4 Å². The van der Waals surface area contributed by atoms with Gasteiger partial charge >= 0.3 is 12.1 Å². The number of halogens is 1. The maximum absolute atomic E-state index is 16.9. The van der Waals surface area contributed by atoms with E-state index in [1.54, 1.807) is 47.0 Å². The molecular formula is C43H64FN5O10. The average molecular weight is 830 g/mol. The number of Topliss-reactive ketones (excluding diaryl/α,β-unsaturated/α-hetero) is 2. The summed E-state index contributed by atoms with van der Waals surface area (Å²) in [6.07, 6.45) is 1.10. The van der Waals surface area contributed by atoms with Crippen molar-refractivity contribution in [3.05, 3.63) is 36.8 Å². The number of ether oxygens (including phenoxy) is 5. The molecule has 3 saturated heterocycles. The predicted octanol–water partition coefficient (Wildman–Crippen LogP) is 5.02. The minimum absolute atomic E-state index is 0.00176. The van der Waals surface area contributed by atoms with Crippen molar-refractivity contribution in [1.82, 2.24) is 24.6 Å². The van der Waals surface area contributed by atoms with Gasteiger partial charge in [-0.05, 0) is 92.1 Å². The van der Waals surface area contributed by atoms with E-state index in [0.717, 1.165) is 18.2 Å². The van der Waals surface area contributed by atoms with Gasteiger partial charge in [0, 0.05) is 68.1 Å². The Labute approximate surface area is 347 Å². The molecule has 2 aromatic heterocycles. The molecule has 328 valence electrons. The fraction of sp³-hybridized carbons (Fsp3) is 0.721. The molecule has 1 N–H and O–H groups in total. The van der Waals surface area contributed by atoms with E-state index in [0.29, 0.717) is 25.8 Å². The van der Waals surface area contributed by atoms with Crippen molar-refractivity contribution in [2.75, 3.05) is 27.7 Å². The van der Waals surface area contributed by atoms with Gasteiger partial charge in [0.25, 0.3) is 5.67 Å². The molecule has 0 bridgehead atoms. The first-order valence-electron chi connectivity index (χ1n) is 20.8. The van der Waals surface area contributed by atoms with Gasteiger partial charge in [-0.2, -0.15) is 5.10 Å². The van der Waals surface area contributed by atoms with E-state index in [4.69, 9.17) is 23.7 Å². The molecule has 3 aliphatic rings. The molecule has 15 nitrogen and oxygen atoms in total. The number of aromatic nitrogens is 3. The number of methoxy groups -OCH3 is 1. The van der Waals surface area contributed by atoms with Crippen LogP contribution in [-0.4, -0.2) is 141 Å². The third-order valence-electron chi connectivity index (χ3n) is 12.8. The molecule has 3 aliphatic heterocycles. The van der Waals surface area contributed by atoms with Crippen LogP contribution in [0.2, 0.25) is 0 Å². The maximum Gasteiger partial charge on any atom is 0.410 e. The zero-order valence-electron chi connectivity index (χ0n) is 36.4. The summed E-state index contributed by atoms with van der Waals surface area (Å²) in [4.78, 5) is 64.2. The summed E-state index contributed by atoms with van der Waals surface area (Å²) in [7, 11) is 5.05. The summed E-state index contributed by atoms with van der Waals surface area (Å²) < 4.78 is 49.3. The number of aliphatic hydroxyl groups excluding tert-OH is 1. The number of carbonyl (C=O) groups excluding carboxylic acids is 4. The summed E-state index contributed by atoms with van der Waals surface area (Å²) in [6, 6.07) is 4.39. The van der Waals surface area contributed by atoms with Crippen LogP contribution in [0.5, 0.6) is 0 Å². The summed E-state index contributed by atoms with van der Waals surface area (Å²) in [6.45, 7) is 13.3. The minimum Gasteiger partial charge on any atom is -0.455 e. The smallest absolute Gasteiger partial charge is 0.410 e. The van der Waals surface area contributed by atoms with Crippen LogP contribution in [0.4, 0.5) is 9.18 Å². The first-order valence-corrected chi connectivity index (χ1v) is 20.8. The van der Waals surface area contributed by atoms with Crippen LogP contribution in [-0.2, 0) is 44.6 Å². The third-order valence-corrected chi connectivity index (χ3v) is 12.8. The standard InChI is InChI=1S/C43H64FN5O10/c1-12-32-43(8)35(49(40(54)59-43)20-14-13-19-48-21-17-30(46-48)29-16-15-18-45-24-29)27(4)33(50)25(2)23-41(6,55-11)37(28(5)36(52)42(7,44)39(53)57-32)58-38-34(51)31(47(9)10)22-26(3)56-38/h15-18,21,24-28,31-32,34-35,37-38,51H,12-14,19-20,22-23H2,1-11H3/t25-,26-,27+,28+,31+,32-,34-,35-,37-,38+,41-,42+,43-/m1/s1. The number of hydrogen-bond donors (Lipinski definition) is 1. The second-order valence-corrected chi connectivity index (χ2v) is 17.5. The number of hydrogen-bond acceptors (Lipinski definition) is 13. The van der Waals surface area contributed by atoms with Crippen LogP contribution >= 0.6 is 0 Å². The van der Waals surface area contributed by atoms with Gasteiger partial charge in [-0.25, -0.2) is 14.0 Å². The number of amides is 1. The molecule has 5 heterocycles. The Morgan fingerprint density at radius 1 is 1.03 bits per heavy atom. The molecule has 13 atom stereocenters. The summed E-state index contributed by atoms with van der Waals surface area (Å²) in [5, 5.41) is 16.1. The lowest BCUT2D eigenvalue weighted by molar-refractivity contribution is -0.295. The number of carbonyl (C=O) groups is 4. The van der Waals surface area contributed by atoms with Crippen LogP contribution in [0, 0.1) is 17.8 Å². The molecule has 2 aromatic rings. The van der Waals surface area contributed by atoms with Crippen LogP contribution < -0.4 is 0 Å². The lowest BCUT2D eigenvalue weighted by Crippen LogP contribution is -2.61. The first kappa shape index (κ1) is 46.2. The highest BCUT2D eigenvalue weighted by Crippen LogP contribution is 2.43. The lowest BCUT2D eigenvalue weighted by Gasteiger charge is -2.47. The van der Waals surface area contributed by atoms with Gasteiger partial charge in [-0.15, -0.1) is 0 Å². The number of aliphatic hydroxyl groups is 1. The topological polar surface area (TPSA) is 172 Å². The molecule has 0 saturated carbocycles. The number of nitrogens with zero attached hydrogens (tertiary/aromatic N) is 5. The number of fused-ring (bicyclic) bond motifs is 1. The molecule has 59 heavy (non-hydrogen) atoms. The van der Waals surface area contributed by atoms with Gasteiger partial charge in [0.2, 0.25) is 0 Å². The minimum atomic E-state index is -3.18. The Kier molecular flexibility index (Phi) is 14.4. The van der Waals surface area contributed by atoms with E-state index in [1.165, 1.54) is 18.9 Å². The lowest BCUT2D eigenvalue weighted by atomic mass is 9.73. The van der Waals surface area contributed by atoms with Crippen molar-refractivity contribution in [2.45, 2.75) is 154 Å². The number of unbranched alkanes of at least 4 members (excludes halogenated alkanes) is 1. The third kappa shape index (κ3) is 9.41. The molecule has 0 aromatic carbocycles. The highest BCUT2D eigenvalue weighted by Gasteiger charge is 2.61. The number of rotatable bonds is 11. The van der Waals surface area contributed by atoms with E-state index >= 15 is 4.39 Å². The van der Waals surface area contributed by atoms with Gasteiger partial charge in [-0.1, -0.05) is 27.7 Å². The monoisotopic (exact) mass is 829 g/mol. The highest BCUT2D eigenvalue weighted by molar-refractivity contribution is 6.08. The molecule has 0 unspecified atom stereocenters. The summed E-state index contributed by atoms with van der Waals surface area (Å²) >= 11 is 0. The number of likely N-dealkylation sites (N-methyl/N-ethyl adjacent to an activating group) is 1. The second kappa shape index (κ2) is 18.4. The van der Waals surface area contributed by atoms with Crippen LogP contribution in [0.15, 0.2) is 36.8 Å². The fourth-order valence-corrected chi connectivity index (χ4v) is 9.42. The van der Waals surface area contributed by atoms with E-state index in [-0.39, 0.29) is 37.3 Å². The SMILES string of the molecule is CC[C@H]1OC(=O)[C@@](C)(F)C(=O)[C@H](C)[C@@H](O[C@@H]2O[C@H](C)C[C@H](N(C)C)[C@H]2O)[C@](C)(OC)C[C@@H](C)C(=O)[C@H](C)[C@H]2N(CCCCn3ccc(-c4cccnc4)n3)C(=O)O[C@]12C. The molecule has 0 aliphatic carbocycles. The van der Waals surface area contributed by atoms with E-state index < -0.39 is 83.1 Å². The van der Waals surface area contributed by atoms with Crippen molar-refractivity contribution >= 4 is 23.6 Å². The van der Waals surface area contributed by atoms with Crippen LogP contribution in [0.3, 0.4) is 0 Å². The van der Waals surface area contributed by atoms with E-state index in [9.17, 15) is 24.3 Å². The predicted molar refractivity (Wildman–Crippen MR) is 215 cm³/mol. The zero-order chi connectivity index (χ0) is 43.6. The number of esters is 1. The van der Waals surface area contributed by atoms with Crippen molar-refractivity contribution in [1.29, 1.82) is 0 Å². The Morgan fingerprint density at radius 2 is 1.73 bits per heavy atom. The molecular weight excluding hydrogens is 765 g/mol. The fourth-order valence-electron chi connectivity index (χ4n) is 9.42. The Hall–Kier alpha value is -3.83. The molecule has 16 heteroatoms. The average Bonchev–Trinajstić information content (AvgIpc) is 3.78. The molecule has 5 rings (SSSR count). The normalized spacial score (nSPS) is 37.6.